The molecule has 1 aliphatic heterocycles. The summed E-state index contributed by atoms with van der Waals surface area (Å²) >= 11 is 0. The fourth-order valence-corrected chi connectivity index (χ4v) is 1.10. The summed E-state index contributed by atoms with van der Waals surface area (Å²) in [6.45, 7) is 3.72. The maximum atomic E-state index is 8.69. The summed E-state index contributed by atoms with van der Waals surface area (Å²) in [7, 11) is 0. The molecule has 1 atom stereocenters. The van der Waals surface area contributed by atoms with Crippen molar-refractivity contribution in [1.29, 1.82) is 5.41 Å². The topological polar surface area (TPSA) is 53.3 Å². The number of rotatable bonds is 1. The molecule has 0 saturated carbocycles. The van der Waals surface area contributed by atoms with Crippen molar-refractivity contribution < 1.29 is 9.84 Å². The van der Waals surface area contributed by atoms with Gasteiger partial charge < -0.3 is 15.3 Å². The van der Waals surface area contributed by atoms with Crippen molar-refractivity contribution >= 4 is 5.71 Å². The summed E-state index contributed by atoms with van der Waals surface area (Å²) < 4.78 is 5.34. The quantitative estimate of drug-likeness (QED) is 0.563. The van der Waals surface area contributed by atoms with Crippen LogP contribution in [0.1, 0.15) is 20.3 Å². The summed E-state index contributed by atoms with van der Waals surface area (Å²) in [5.74, 6) is 0. The van der Waals surface area contributed by atoms with Crippen molar-refractivity contribution in [2.45, 2.75) is 32.0 Å². The van der Waals surface area contributed by atoms with Crippen LogP contribution in [-0.4, -0.2) is 29.1 Å². The minimum Gasteiger partial charge on any atom is -0.394 e. The number of hydrogen-bond donors (Lipinski definition) is 2. The number of nitrogens with one attached hydrogen (secondary N) is 1. The first-order chi connectivity index (χ1) is 4.56. The van der Waals surface area contributed by atoms with Crippen LogP contribution in [0.5, 0.6) is 0 Å². The predicted molar refractivity (Wildman–Crippen MR) is 38.4 cm³/mol. The maximum absolute atomic E-state index is 8.69. The molecule has 1 heterocycles. The van der Waals surface area contributed by atoms with Gasteiger partial charge in [0.15, 0.2) is 0 Å². The molecule has 0 unspecified atom stereocenters. The molecule has 10 heavy (non-hydrogen) atoms. The summed E-state index contributed by atoms with van der Waals surface area (Å²) in [5.41, 5.74) is 0.125. The summed E-state index contributed by atoms with van der Waals surface area (Å²) in [6.07, 6.45) is 0.422. The number of hydrogen-bond acceptors (Lipinski definition) is 3. The van der Waals surface area contributed by atoms with Crippen LogP contribution in [0.25, 0.3) is 0 Å². The van der Waals surface area contributed by atoms with Gasteiger partial charge in [0.25, 0.3) is 0 Å². The largest absolute Gasteiger partial charge is 0.394 e. The molecule has 1 fully saturated rings. The highest BCUT2D eigenvalue weighted by atomic mass is 16.5. The Bertz CT molecular complexity index is 154. The zero-order valence-corrected chi connectivity index (χ0v) is 6.35. The molecular weight excluding hydrogens is 130 g/mol. The summed E-state index contributed by atoms with van der Waals surface area (Å²) in [6, 6.07) is 0. The van der Waals surface area contributed by atoms with Crippen LogP contribution in [0, 0.1) is 5.41 Å². The van der Waals surface area contributed by atoms with Crippen LogP contribution in [0.2, 0.25) is 0 Å². The van der Waals surface area contributed by atoms with Crippen LogP contribution < -0.4 is 0 Å². The van der Waals surface area contributed by atoms with Gasteiger partial charge in [0.05, 0.1) is 12.7 Å². The standard InChI is InChI=1S/C7H13NO2/c1-7(2)6(8)3-5(4-9)10-7/h5,8-9H,3-4H2,1-2H3/t5-/m0/s1. The third-order valence-corrected chi connectivity index (χ3v) is 1.82. The molecule has 0 spiro atoms. The lowest BCUT2D eigenvalue weighted by Crippen LogP contribution is -2.27. The lowest BCUT2D eigenvalue weighted by Gasteiger charge is -2.17. The highest BCUT2D eigenvalue weighted by Gasteiger charge is 2.36. The van der Waals surface area contributed by atoms with E-state index in [1.165, 1.54) is 0 Å². The third-order valence-electron chi connectivity index (χ3n) is 1.82. The normalized spacial score (nSPS) is 31.1. The molecule has 3 nitrogen and oxygen atoms in total. The molecule has 0 radical (unpaired) electrons. The molecule has 58 valence electrons. The Hall–Kier alpha value is -0.410. The number of aliphatic hydroxyl groups is 1. The first kappa shape index (κ1) is 7.69. The van der Waals surface area contributed by atoms with E-state index in [0.29, 0.717) is 12.1 Å². The zero-order chi connectivity index (χ0) is 7.78. The van der Waals surface area contributed by atoms with Crippen LogP contribution >= 0.6 is 0 Å². The molecule has 0 amide bonds. The molecule has 0 bridgehead atoms. The Kier molecular flexibility index (Phi) is 1.79. The van der Waals surface area contributed by atoms with Gasteiger partial charge in [-0.3, -0.25) is 0 Å². The van der Waals surface area contributed by atoms with E-state index >= 15 is 0 Å². The zero-order valence-electron chi connectivity index (χ0n) is 6.35. The minimum atomic E-state index is -0.451. The highest BCUT2D eigenvalue weighted by Crippen LogP contribution is 2.25. The molecule has 0 aromatic carbocycles. The van der Waals surface area contributed by atoms with Gasteiger partial charge >= 0.3 is 0 Å². The van der Waals surface area contributed by atoms with E-state index in [1.54, 1.807) is 0 Å². The predicted octanol–water partition coefficient (Wildman–Crippen LogP) is 0.566. The van der Waals surface area contributed by atoms with Crippen LogP contribution in [-0.2, 0) is 4.74 Å². The number of ether oxygens (including phenoxy) is 1. The van der Waals surface area contributed by atoms with Crippen molar-refractivity contribution in [3.05, 3.63) is 0 Å². The lowest BCUT2D eigenvalue weighted by atomic mass is 10.0. The van der Waals surface area contributed by atoms with Crippen LogP contribution in [0.15, 0.2) is 0 Å². The first-order valence-electron chi connectivity index (χ1n) is 3.43. The molecule has 0 aromatic heterocycles. The molecule has 0 aromatic rings. The van der Waals surface area contributed by atoms with Crippen molar-refractivity contribution in [3.8, 4) is 0 Å². The smallest absolute Gasteiger partial charge is 0.100 e. The van der Waals surface area contributed by atoms with Crippen molar-refractivity contribution in [3.63, 3.8) is 0 Å². The summed E-state index contributed by atoms with van der Waals surface area (Å²) in [4.78, 5) is 0. The van der Waals surface area contributed by atoms with Gasteiger partial charge in [-0.2, -0.15) is 0 Å². The van der Waals surface area contributed by atoms with Crippen molar-refractivity contribution in [2.75, 3.05) is 6.61 Å². The third kappa shape index (κ3) is 1.20. The molecule has 0 aliphatic carbocycles. The van der Waals surface area contributed by atoms with Gasteiger partial charge in [-0.1, -0.05) is 0 Å². The Labute approximate surface area is 60.5 Å². The fourth-order valence-electron chi connectivity index (χ4n) is 1.10. The van der Waals surface area contributed by atoms with Crippen LogP contribution in [0.3, 0.4) is 0 Å². The molecule has 2 N–H and O–H groups in total. The second kappa shape index (κ2) is 2.32. The fraction of sp³-hybridized carbons (Fsp3) is 0.857. The number of aliphatic hydroxyl groups excluding tert-OH is 1. The van der Waals surface area contributed by atoms with E-state index in [9.17, 15) is 0 Å². The van der Waals surface area contributed by atoms with Crippen molar-refractivity contribution in [1.82, 2.24) is 0 Å². The minimum absolute atomic E-state index is 0.0197. The van der Waals surface area contributed by atoms with E-state index in [2.05, 4.69) is 0 Å². The molecule has 1 aliphatic rings. The van der Waals surface area contributed by atoms with E-state index < -0.39 is 5.60 Å². The van der Waals surface area contributed by atoms with Crippen molar-refractivity contribution in [2.24, 2.45) is 0 Å². The van der Waals surface area contributed by atoms with Gasteiger partial charge in [-0.15, -0.1) is 0 Å². The Morgan fingerprint density at radius 1 is 1.80 bits per heavy atom. The average molecular weight is 143 g/mol. The van der Waals surface area contributed by atoms with Gasteiger partial charge in [0.2, 0.25) is 0 Å². The summed E-state index contributed by atoms with van der Waals surface area (Å²) in [5, 5.41) is 16.1. The first-order valence-corrected chi connectivity index (χ1v) is 3.43. The Balaban J connectivity index is 2.62. The Morgan fingerprint density at radius 2 is 2.40 bits per heavy atom. The van der Waals surface area contributed by atoms with Gasteiger partial charge in [-0.25, -0.2) is 0 Å². The SMILES string of the molecule is CC1(C)O[C@H](CO)CC1=N. The average Bonchev–Trinajstić information content (AvgIpc) is 2.08. The molecule has 1 rings (SSSR count). The maximum Gasteiger partial charge on any atom is 0.100 e. The van der Waals surface area contributed by atoms with Gasteiger partial charge in [0.1, 0.15) is 5.60 Å². The van der Waals surface area contributed by atoms with E-state index in [1.807, 2.05) is 13.8 Å². The van der Waals surface area contributed by atoms with Gasteiger partial charge in [0, 0.05) is 12.1 Å². The van der Waals surface area contributed by atoms with E-state index in [4.69, 9.17) is 15.3 Å². The van der Waals surface area contributed by atoms with E-state index in [0.717, 1.165) is 0 Å². The monoisotopic (exact) mass is 143 g/mol. The Morgan fingerprint density at radius 3 is 2.60 bits per heavy atom. The van der Waals surface area contributed by atoms with Gasteiger partial charge in [-0.05, 0) is 13.8 Å². The molecule has 1 saturated heterocycles. The van der Waals surface area contributed by atoms with Crippen LogP contribution in [0.4, 0.5) is 0 Å². The lowest BCUT2D eigenvalue weighted by molar-refractivity contribution is -0.0222. The second-order valence-electron chi connectivity index (χ2n) is 3.12. The van der Waals surface area contributed by atoms with E-state index in [-0.39, 0.29) is 12.7 Å². The molecule has 3 heteroatoms. The highest BCUT2D eigenvalue weighted by molar-refractivity contribution is 5.91. The molecular formula is C7H13NO2. The second-order valence-corrected chi connectivity index (χ2v) is 3.12.